The van der Waals surface area contributed by atoms with Gasteiger partial charge < -0.3 is 9.84 Å². The molecule has 0 bridgehead atoms. The fourth-order valence-corrected chi connectivity index (χ4v) is 4.64. The third-order valence-corrected chi connectivity index (χ3v) is 6.27. The van der Waals surface area contributed by atoms with E-state index in [9.17, 15) is 5.11 Å². The maximum Gasteiger partial charge on any atom is 0.125 e. The molecule has 3 aromatic carbocycles. The molecule has 1 fully saturated rings. The monoisotopic (exact) mass is 412 g/mol. The van der Waals surface area contributed by atoms with Crippen LogP contribution in [0.4, 0.5) is 0 Å². The molecule has 2 aliphatic heterocycles. The Bertz CT molecular complexity index is 1060. The first-order chi connectivity index (χ1) is 15.3. The fraction of sp³-hybridized carbons (Fsp3) is 0.259. The number of fused-ring (bicyclic) bond motifs is 2. The van der Waals surface area contributed by atoms with E-state index in [1.165, 1.54) is 16.7 Å². The van der Waals surface area contributed by atoms with Gasteiger partial charge in [0.05, 0.1) is 6.04 Å². The molecule has 158 valence electrons. The van der Waals surface area contributed by atoms with Gasteiger partial charge in [-0.05, 0) is 34.9 Å². The fourth-order valence-electron chi connectivity index (χ4n) is 4.64. The topological polar surface area (TPSA) is 35.9 Å². The van der Waals surface area contributed by atoms with Crippen LogP contribution >= 0.6 is 0 Å². The molecule has 1 N–H and O–H groups in total. The number of aromatic hydroxyl groups is 1. The van der Waals surface area contributed by atoms with Crippen molar-refractivity contribution < 1.29 is 9.84 Å². The van der Waals surface area contributed by atoms with Crippen LogP contribution in [0.3, 0.4) is 0 Å². The lowest BCUT2D eigenvalue weighted by molar-refractivity contribution is 0.117. The summed E-state index contributed by atoms with van der Waals surface area (Å²) in [6, 6.07) is 24.6. The minimum absolute atomic E-state index is 0.0998. The van der Waals surface area contributed by atoms with Crippen molar-refractivity contribution in [1.82, 2.24) is 9.80 Å². The Balaban J connectivity index is 1.33. The Hall–Kier alpha value is -3.08. The van der Waals surface area contributed by atoms with Crippen LogP contribution in [-0.4, -0.2) is 47.6 Å². The van der Waals surface area contributed by atoms with E-state index in [0.717, 1.165) is 44.0 Å². The van der Waals surface area contributed by atoms with E-state index in [-0.39, 0.29) is 11.8 Å². The van der Waals surface area contributed by atoms with Gasteiger partial charge in [-0.15, -0.1) is 0 Å². The highest BCUT2D eigenvalue weighted by molar-refractivity contribution is 5.50. The van der Waals surface area contributed by atoms with Gasteiger partial charge in [-0.3, -0.25) is 9.80 Å². The second kappa shape index (κ2) is 8.96. The Kier molecular flexibility index (Phi) is 5.74. The van der Waals surface area contributed by atoms with E-state index >= 15 is 0 Å². The van der Waals surface area contributed by atoms with Crippen LogP contribution in [0.1, 0.15) is 28.3 Å². The average molecular weight is 413 g/mol. The van der Waals surface area contributed by atoms with Crippen molar-refractivity contribution in [2.75, 3.05) is 32.7 Å². The number of nitrogens with zero attached hydrogens (tertiary/aromatic N) is 2. The molecule has 31 heavy (non-hydrogen) atoms. The number of benzene rings is 3. The normalized spacial score (nSPS) is 19.4. The summed E-state index contributed by atoms with van der Waals surface area (Å²) in [5.74, 6) is 1.16. The lowest BCUT2D eigenvalue weighted by Crippen LogP contribution is -2.47. The Labute approximate surface area is 184 Å². The molecule has 2 aliphatic rings. The van der Waals surface area contributed by atoms with Gasteiger partial charge in [0.15, 0.2) is 0 Å². The van der Waals surface area contributed by atoms with Crippen LogP contribution in [0.5, 0.6) is 11.5 Å². The summed E-state index contributed by atoms with van der Waals surface area (Å²) < 4.78 is 6.11. The highest BCUT2D eigenvalue weighted by Gasteiger charge is 2.31. The van der Waals surface area contributed by atoms with E-state index in [1.54, 1.807) is 6.07 Å². The van der Waals surface area contributed by atoms with Gasteiger partial charge in [-0.1, -0.05) is 66.7 Å². The summed E-state index contributed by atoms with van der Waals surface area (Å²) >= 11 is 0. The molecular formula is C27H28N2O2. The van der Waals surface area contributed by atoms with Crippen molar-refractivity contribution in [3.8, 4) is 11.5 Å². The van der Waals surface area contributed by atoms with E-state index < -0.39 is 0 Å². The summed E-state index contributed by atoms with van der Waals surface area (Å²) in [5.41, 5.74) is 4.80. The van der Waals surface area contributed by atoms with Crippen LogP contribution in [-0.2, 0) is 6.61 Å². The van der Waals surface area contributed by atoms with Crippen molar-refractivity contribution in [1.29, 1.82) is 0 Å². The highest BCUT2D eigenvalue weighted by Crippen LogP contribution is 2.41. The van der Waals surface area contributed by atoms with Crippen molar-refractivity contribution in [3.05, 3.63) is 101 Å². The van der Waals surface area contributed by atoms with E-state index in [4.69, 9.17) is 4.74 Å². The van der Waals surface area contributed by atoms with E-state index in [1.807, 2.05) is 18.2 Å². The second-order valence-electron chi connectivity index (χ2n) is 8.26. The Morgan fingerprint density at radius 3 is 2.48 bits per heavy atom. The van der Waals surface area contributed by atoms with Gasteiger partial charge in [-0.25, -0.2) is 0 Å². The molecule has 0 spiro atoms. The smallest absolute Gasteiger partial charge is 0.125 e. The number of ether oxygens (including phenoxy) is 1. The van der Waals surface area contributed by atoms with Crippen LogP contribution in [0.15, 0.2) is 78.9 Å². The van der Waals surface area contributed by atoms with Gasteiger partial charge in [0.2, 0.25) is 0 Å². The third-order valence-electron chi connectivity index (χ3n) is 6.27. The zero-order valence-electron chi connectivity index (χ0n) is 17.7. The maximum atomic E-state index is 10.2. The third kappa shape index (κ3) is 4.36. The minimum Gasteiger partial charge on any atom is -0.508 e. The van der Waals surface area contributed by atoms with Crippen molar-refractivity contribution >= 4 is 6.08 Å². The molecule has 0 radical (unpaired) electrons. The lowest BCUT2D eigenvalue weighted by atomic mass is 9.93. The van der Waals surface area contributed by atoms with E-state index in [0.29, 0.717) is 6.61 Å². The molecule has 4 heteroatoms. The van der Waals surface area contributed by atoms with Crippen molar-refractivity contribution in [3.63, 3.8) is 0 Å². The predicted molar refractivity (Wildman–Crippen MR) is 124 cm³/mol. The number of rotatable bonds is 4. The Morgan fingerprint density at radius 1 is 0.871 bits per heavy atom. The first-order valence-electron chi connectivity index (χ1n) is 11.0. The van der Waals surface area contributed by atoms with Crippen molar-refractivity contribution in [2.24, 2.45) is 0 Å². The van der Waals surface area contributed by atoms with Gasteiger partial charge in [0.25, 0.3) is 0 Å². The molecule has 2 heterocycles. The van der Waals surface area contributed by atoms with Crippen LogP contribution in [0, 0.1) is 0 Å². The van der Waals surface area contributed by atoms with Gasteiger partial charge >= 0.3 is 0 Å². The quantitative estimate of drug-likeness (QED) is 0.674. The number of phenolic OH excluding ortho intramolecular Hbond substituents is 1. The largest absolute Gasteiger partial charge is 0.508 e. The molecule has 0 aromatic heterocycles. The summed E-state index contributed by atoms with van der Waals surface area (Å²) in [4.78, 5) is 5.03. The first kappa shape index (κ1) is 19.9. The molecule has 1 atom stereocenters. The molecule has 3 aromatic rings. The van der Waals surface area contributed by atoms with Crippen LogP contribution in [0.2, 0.25) is 0 Å². The molecule has 4 nitrogen and oxygen atoms in total. The van der Waals surface area contributed by atoms with E-state index in [2.05, 4.69) is 70.5 Å². The zero-order chi connectivity index (χ0) is 21.0. The van der Waals surface area contributed by atoms with Gasteiger partial charge in [0, 0.05) is 38.3 Å². The summed E-state index contributed by atoms with van der Waals surface area (Å²) in [5, 5.41) is 10.2. The highest BCUT2D eigenvalue weighted by atomic mass is 16.5. The van der Waals surface area contributed by atoms with Gasteiger partial charge in [-0.2, -0.15) is 0 Å². The van der Waals surface area contributed by atoms with Gasteiger partial charge in [0.1, 0.15) is 18.1 Å². The number of hydrogen-bond donors (Lipinski definition) is 1. The molecule has 1 unspecified atom stereocenters. The summed E-state index contributed by atoms with van der Waals surface area (Å²) in [7, 11) is 0. The standard InChI is InChI=1S/C27H28N2O2/c30-23-12-13-26-25(19-23)27(24-11-5-4-10-22(24)20-31-26)29-17-15-28(16-18-29)14-6-9-21-7-2-1-3-8-21/h1-13,19,27,30H,14-18,20H2/b9-6+. The molecule has 5 rings (SSSR count). The maximum absolute atomic E-state index is 10.2. The Morgan fingerprint density at radius 2 is 1.65 bits per heavy atom. The average Bonchev–Trinajstić information content (AvgIpc) is 2.97. The lowest BCUT2D eigenvalue weighted by Gasteiger charge is -2.39. The number of piperazine rings is 1. The molecule has 0 amide bonds. The molecule has 0 saturated carbocycles. The molecular weight excluding hydrogens is 384 g/mol. The van der Waals surface area contributed by atoms with Crippen LogP contribution in [0.25, 0.3) is 6.08 Å². The number of phenols is 1. The summed E-state index contributed by atoms with van der Waals surface area (Å²) in [6.07, 6.45) is 4.46. The predicted octanol–water partition coefficient (Wildman–Crippen LogP) is 4.71. The minimum atomic E-state index is 0.0998. The molecule has 1 saturated heterocycles. The zero-order valence-corrected chi connectivity index (χ0v) is 17.7. The van der Waals surface area contributed by atoms with Crippen LogP contribution < -0.4 is 4.74 Å². The second-order valence-corrected chi connectivity index (χ2v) is 8.26. The first-order valence-corrected chi connectivity index (χ1v) is 11.0. The van der Waals surface area contributed by atoms with Crippen molar-refractivity contribution in [2.45, 2.75) is 12.6 Å². The summed E-state index contributed by atoms with van der Waals surface area (Å²) in [6.45, 7) is 5.53. The molecule has 0 aliphatic carbocycles. The number of hydrogen-bond acceptors (Lipinski definition) is 4. The SMILES string of the molecule is Oc1ccc2c(c1)C(N1CCN(C/C=C/c3ccccc3)CC1)c1ccccc1CO2.